The van der Waals surface area contributed by atoms with Crippen molar-refractivity contribution in [3.8, 4) is 5.75 Å². The molecule has 0 heterocycles. The molecule has 0 amide bonds. The van der Waals surface area contributed by atoms with Gasteiger partial charge in [0.15, 0.2) is 17.5 Å². The van der Waals surface area contributed by atoms with Crippen molar-refractivity contribution in [2.75, 3.05) is 13.6 Å². The molecule has 1 aliphatic rings. The van der Waals surface area contributed by atoms with Crippen LogP contribution in [0.15, 0.2) is 41.4 Å². The second-order valence-corrected chi connectivity index (χ2v) is 5.10. The van der Waals surface area contributed by atoms with Crippen molar-refractivity contribution in [1.29, 1.82) is 0 Å². The average molecular weight is 291 g/mol. The second kappa shape index (κ2) is 7.67. The Labute approximate surface area is 125 Å². The van der Waals surface area contributed by atoms with E-state index in [9.17, 15) is 4.39 Å². The number of benzene rings is 1. The Morgan fingerprint density at radius 3 is 2.76 bits per heavy atom. The van der Waals surface area contributed by atoms with Crippen LogP contribution in [0.3, 0.4) is 0 Å². The minimum absolute atomic E-state index is 0.165. The lowest BCUT2D eigenvalue weighted by Crippen LogP contribution is -2.45. The molecule has 114 valence electrons. The van der Waals surface area contributed by atoms with Gasteiger partial charge in [0.2, 0.25) is 0 Å². The quantitative estimate of drug-likeness (QED) is 0.498. The summed E-state index contributed by atoms with van der Waals surface area (Å²) in [7, 11) is 1.74. The van der Waals surface area contributed by atoms with Gasteiger partial charge < -0.3 is 15.4 Å². The maximum absolute atomic E-state index is 13.5. The summed E-state index contributed by atoms with van der Waals surface area (Å²) in [6.07, 6.45) is 6.19. The van der Waals surface area contributed by atoms with Crippen molar-refractivity contribution in [3.63, 3.8) is 0 Å². The Balaban J connectivity index is 1.77. The number of nitrogens with one attached hydrogen (secondary N) is 2. The van der Waals surface area contributed by atoms with Gasteiger partial charge in [-0.2, -0.15) is 0 Å². The van der Waals surface area contributed by atoms with E-state index >= 15 is 0 Å². The van der Waals surface area contributed by atoms with Gasteiger partial charge in [-0.25, -0.2) is 4.39 Å². The average Bonchev–Trinajstić information content (AvgIpc) is 2.99. The number of guanidine groups is 1. The maximum atomic E-state index is 13.5. The number of para-hydroxylation sites is 1. The van der Waals surface area contributed by atoms with E-state index in [1.165, 1.54) is 6.07 Å². The molecule has 2 N–H and O–H groups in total. The standard InChI is InChI=1S/C16H22FN3O/c1-12(21-15-10-6-5-9-14(15)17)11-19-16(18-2)20-13-7-3-4-8-13/h3-6,9-10,12-13H,7-8,11H2,1-2H3,(H2,18,19,20). The molecule has 5 heteroatoms. The van der Waals surface area contributed by atoms with Gasteiger partial charge in [0.25, 0.3) is 0 Å². The number of hydrogen-bond donors (Lipinski definition) is 2. The predicted octanol–water partition coefficient (Wildman–Crippen LogP) is 2.48. The highest BCUT2D eigenvalue weighted by Crippen LogP contribution is 2.16. The van der Waals surface area contributed by atoms with Crippen molar-refractivity contribution in [3.05, 3.63) is 42.2 Å². The highest BCUT2D eigenvalue weighted by molar-refractivity contribution is 5.80. The molecular weight excluding hydrogens is 269 g/mol. The van der Waals surface area contributed by atoms with Crippen LogP contribution < -0.4 is 15.4 Å². The van der Waals surface area contributed by atoms with Crippen LogP contribution in [0.4, 0.5) is 4.39 Å². The second-order valence-electron chi connectivity index (χ2n) is 5.10. The molecule has 0 saturated heterocycles. The lowest BCUT2D eigenvalue weighted by atomic mass is 10.2. The summed E-state index contributed by atoms with van der Waals surface area (Å²) in [6, 6.07) is 6.82. The lowest BCUT2D eigenvalue weighted by molar-refractivity contribution is 0.214. The molecule has 4 nitrogen and oxygen atoms in total. The maximum Gasteiger partial charge on any atom is 0.191 e. The molecule has 1 aliphatic carbocycles. The Morgan fingerprint density at radius 1 is 1.38 bits per heavy atom. The fourth-order valence-electron chi connectivity index (χ4n) is 2.16. The summed E-state index contributed by atoms with van der Waals surface area (Å²) >= 11 is 0. The van der Waals surface area contributed by atoms with Crippen LogP contribution in [0, 0.1) is 5.82 Å². The molecule has 1 aromatic carbocycles. The number of hydrogen-bond acceptors (Lipinski definition) is 2. The summed E-state index contributed by atoms with van der Waals surface area (Å²) in [6.45, 7) is 2.44. The van der Waals surface area contributed by atoms with Crippen LogP contribution in [-0.4, -0.2) is 31.7 Å². The van der Waals surface area contributed by atoms with Gasteiger partial charge in [-0.15, -0.1) is 0 Å². The third-order valence-corrected chi connectivity index (χ3v) is 3.29. The minimum Gasteiger partial charge on any atom is -0.486 e. The van der Waals surface area contributed by atoms with Crippen LogP contribution in [0.2, 0.25) is 0 Å². The molecular formula is C16H22FN3O. The van der Waals surface area contributed by atoms with E-state index in [4.69, 9.17) is 4.74 Å². The molecule has 0 bridgehead atoms. The summed E-state index contributed by atoms with van der Waals surface area (Å²) in [5.41, 5.74) is 0. The molecule has 1 atom stereocenters. The van der Waals surface area contributed by atoms with Crippen molar-refractivity contribution in [2.45, 2.75) is 31.9 Å². The first-order chi connectivity index (χ1) is 10.2. The van der Waals surface area contributed by atoms with Crippen molar-refractivity contribution in [1.82, 2.24) is 10.6 Å². The van der Waals surface area contributed by atoms with Crippen LogP contribution in [0.25, 0.3) is 0 Å². The van der Waals surface area contributed by atoms with Crippen LogP contribution in [-0.2, 0) is 0 Å². The zero-order valence-corrected chi connectivity index (χ0v) is 12.5. The smallest absolute Gasteiger partial charge is 0.191 e. The fourth-order valence-corrected chi connectivity index (χ4v) is 2.16. The molecule has 0 spiro atoms. The molecule has 1 aromatic rings. The Kier molecular flexibility index (Phi) is 5.60. The van der Waals surface area contributed by atoms with E-state index in [1.54, 1.807) is 25.2 Å². The first-order valence-corrected chi connectivity index (χ1v) is 7.22. The van der Waals surface area contributed by atoms with E-state index in [-0.39, 0.29) is 17.7 Å². The van der Waals surface area contributed by atoms with E-state index in [0.717, 1.165) is 18.8 Å². The molecule has 21 heavy (non-hydrogen) atoms. The van der Waals surface area contributed by atoms with Gasteiger partial charge in [-0.1, -0.05) is 24.3 Å². The van der Waals surface area contributed by atoms with E-state index in [0.29, 0.717) is 12.6 Å². The summed E-state index contributed by atoms with van der Waals surface area (Å²) in [4.78, 5) is 4.19. The van der Waals surface area contributed by atoms with Gasteiger partial charge in [0.1, 0.15) is 6.10 Å². The lowest BCUT2D eigenvalue weighted by Gasteiger charge is -2.20. The van der Waals surface area contributed by atoms with Crippen molar-refractivity contribution < 1.29 is 9.13 Å². The minimum atomic E-state index is -0.344. The molecule has 0 fully saturated rings. The molecule has 0 radical (unpaired) electrons. The molecule has 0 saturated carbocycles. The predicted molar refractivity (Wildman–Crippen MR) is 83.1 cm³/mol. The van der Waals surface area contributed by atoms with Crippen LogP contribution >= 0.6 is 0 Å². The summed E-state index contributed by atoms with van der Waals surface area (Å²) in [5, 5.41) is 6.54. The number of nitrogens with zero attached hydrogens (tertiary/aromatic N) is 1. The van der Waals surface area contributed by atoms with Gasteiger partial charge >= 0.3 is 0 Å². The van der Waals surface area contributed by atoms with Crippen molar-refractivity contribution in [2.24, 2.45) is 4.99 Å². The topological polar surface area (TPSA) is 45.7 Å². The SMILES string of the molecule is CN=C(NCC(C)Oc1ccccc1F)NC1CC=CC1. The third-order valence-electron chi connectivity index (χ3n) is 3.29. The Hall–Kier alpha value is -2.04. The number of aliphatic imine (C=N–C) groups is 1. The Bertz CT molecular complexity index is 508. The van der Waals surface area contributed by atoms with E-state index in [2.05, 4.69) is 27.8 Å². The highest BCUT2D eigenvalue weighted by Gasteiger charge is 2.13. The highest BCUT2D eigenvalue weighted by atomic mass is 19.1. The summed E-state index contributed by atoms with van der Waals surface area (Å²) in [5.74, 6) is 0.673. The zero-order chi connectivity index (χ0) is 15.1. The van der Waals surface area contributed by atoms with Crippen LogP contribution in [0.5, 0.6) is 5.75 Å². The van der Waals surface area contributed by atoms with Crippen LogP contribution in [0.1, 0.15) is 19.8 Å². The number of rotatable bonds is 5. The monoisotopic (exact) mass is 291 g/mol. The molecule has 1 unspecified atom stereocenters. The molecule has 0 aliphatic heterocycles. The van der Waals surface area contributed by atoms with Gasteiger partial charge in [-0.3, -0.25) is 4.99 Å². The van der Waals surface area contributed by atoms with E-state index < -0.39 is 0 Å². The molecule has 0 aromatic heterocycles. The fraction of sp³-hybridized carbons (Fsp3) is 0.438. The largest absolute Gasteiger partial charge is 0.486 e. The third kappa shape index (κ3) is 4.77. The number of ether oxygens (including phenoxy) is 1. The van der Waals surface area contributed by atoms with Gasteiger partial charge in [-0.05, 0) is 31.9 Å². The molecule has 2 rings (SSSR count). The number of halogens is 1. The van der Waals surface area contributed by atoms with Gasteiger partial charge in [0.05, 0.1) is 6.54 Å². The van der Waals surface area contributed by atoms with E-state index in [1.807, 2.05) is 6.92 Å². The van der Waals surface area contributed by atoms with Gasteiger partial charge in [0, 0.05) is 13.1 Å². The Morgan fingerprint density at radius 2 is 2.10 bits per heavy atom. The normalized spacial score (nSPS) is 16.8. The first kappa shape index (κ1) is 15.4. The van der Waals surface area contributed by atoms with Crippen molar-refractivity contribution >= 4 is 5.96 Å². The zero-order valence-electron chi connectivity index (χ0n) is 12.5. The summed E-state index contributed by atoms with van der Waals surface area (Å²) < 4.78 is 19.1. The first-order valence-electron chi connectivity index (χ1n) is 7.22.